The fourth-order valence-electron chi connectivity index (χ4n) is 4.48. The summed E-state index contributed by atoms with van der Waals surface area (Å²) in [5, 5.41) is 0.412. The lowest BCUT2D eigenvalue weighted by Gasteiger charge is -2.38. The summed E-state index contributed by atoms with van der Waals surface area (Å²) in [7, 11) is -12.8. The molecule has 8 aliphatic rings. The molecule has 1 saturated carbocycles. The van der Waals surface area contributed by atoms with E-state index in [0.29, 0.717) is 5.23 Å². The number of rotatable bonds is 0. The molecule has 1 aliphatic carbocycles. The number of hydrogen-bond donors (Lipinski definition) is 0. The maximum absolute atomic E-state index is 13.2. The molecule has 0 aromatic carbocycles. The second-order valence-corrected chi connectivity index (χ2v) is 11.0. The Morgan fingerprint density at radius 1 is 0.893 bits per heavy atom. The number of phosphoric acid groups is 3. The number of fused-ring (bicyclic) bond motifs is 2. The van der Waals surface area contributed by atoms with Crippen LogP contribution < -0.4 is 20.0 Å². The van der Waals surface area contributed by atoms with Crippen molar-refractivity contribution in [2.75, 3.05) is 5.23 Å². The van der Waals surface area contributed by atoms with Gasteiger partial charge in [0.05, 0.1) is 0 Å². The molecular weight excluding hydrogens is 451 g/mol. The van der Waals surface area contributed by atoms with Gasteiger partial charge in [0.25, 0.3) is 17.5 Å². The van der Waals surface area contributed by atoms with Crippen molar-refractivity contribution in [1.29, 1.82) is 0 Å². The molecule has 1 aromatic heterocycles. The highest BCUT2D eigenvalue weighted by molar-refractivity contribution is 7.51. The highest BCUT2D eigenvalue weighted by Crippen LogP contribution is 2.90. The van der Waals surface area contributed by atoms with Crippen LogP contribution in [0.4, 0.5) is 5.82 Å². The lowest BCUT2D eigenvalue weighted by molar-refractivity contribution is -0.288. The molecule has 6 bridgehead atoms. The molecule has 19 heteroatoms. The zero-order valence-corrected chi connectivity index (χ0v) is 15.6. The SMILES string of the molecule is O=c1nc2c3c4n1C15CCC67OP(=O)(O6)OC71OP(=O)(ON4OP(=O)(O2)O3)O5. The first-order valence-electron chi connectivity index (χ1n) is 7.74. The zero-order chi connectivity index (χ0) is 18.9. The van der Waals surface area contributed by atoms with Gasteiger partial charge in [-0.3, -0.25) is 4.52 Å². The van der Waals surface area contributed by atoms with Crippen molar-refractivity contribution < 1.29 is 54.6 Å². The second kappa shape index (κ2) is 3.74. The molecule has 4 unspecified atom stereocenters. The third-order valence-electron chi connectivity index (χ3n) is 5.35. The van der Waals surface area contributed by atoms with Crippen molar-refractivity contribution in [3.63, 3.8) is 0 Å². The van der Waals surface area contributed by atoms with Crippen LogP contribution in [0.1, 0.15) is 12.8 Å². The quantitative estimate of drug-likeness (QED) is 0.507. The molecule has 0 radical (unpaired) electrons. The second-order valence-electron chi connectivity index (χ2n) is 6.74. The summed E-state index contributed by atoms with van der Waals surface area (Å²) in [5.74, 6) is -4.88. The van der Waals surface area contributed by atoms with Gasteiger partial charge in [-0.1, -0.05) is 5.23 Å². The molecule has 0 amide bonds. The lowest BCUT2D eigenvalue weighted by Crippen LogP contribution is -2.61. The maximum atomic E-state index is 13.2. The minimum atomic E-state index is -4.59. The molecule has 7 aliphatic heterocycles. The summed E-state index contributed by atoms with van der Waals surface area (Å²) in [6.07, 6.45) is -0.0866. The van der Waals surface area contributed by atoms with E-state index in [-0.39, 0.29) is 24.4 Å². The van der Waals surface area contributed by atoms with E-state index in [4.69, 9.17) is 40.9 Å². The monoisotopic (exact) mass is 455 g/mol. The number of aromatic nitrogens is 2. The van der Waals surface area contributed by atoms with Crippen LogP contribution in [0.3, 0.4) is 0 Å². The number of nitrogens with zero attached hydrogens (tertiary/aromatic N) is 3. The van der Waals surface area contributed by atoms with E-state index in [1.165, 1.54) is 0 Å². The van der Waals surface area contributed by atoms with Crippen molar-refractivity contribution >= 4 is 29.3 Å². The first-order chi connectivity index (χ1) is 13.1. The number of phosphoric ester groups is 3. The largest absolute Gasteiger partial charge is 0.613 e. The minimum Gasteiger partial charge on any atom is -0.384 e. The van der Waals surface area contributed by atoms with E-state index < -0.39 is 52.3 Å². The molecule has 4 saturated heterocycles. The highest BCUT2D eigenvalue weighted by atomic mass is 31.2. The Hall–Kier alpha value is -1.31. The van der Waals surface area contributed by atoms with Crippen LogP contribution in [-0.4, -0.2) is 21.1 Å². The molecule has 28 heavy (non-hydrogen) atoms. The van der Waals surface area contributed by atoms with E-state index in [1.54, 1.807) is 0 Å². The van der Waals surface area contributed by atoms with Gasteiger partial charge < -0.3 is 9.05 Å². The Balaban J connectivity index is 1.52. The Bertz CT molecular complexity index is 1270. The molecule has 1 aromatic rings. The third kappa shape index (κ3) is 1.29. The van der Waals surface area contributed by atoms with E-state index >= 15 is 0 Å². The van der Waals surface area contributed by atoms with Gasteiger partial charge in [-0.05, 0) is 0 Å². The average Bonchev–Trinajstić information content (AvgIpc) is 3.17. The standard InChI is InChI=1S/C9H4N3O13P3/c13-6-10-4-3-5-11(6)7-1-2-8-9(7,22-27(15,20-8)21-8)23-28(16,19-7)25-12(5)24-26(14,17-3)18-4/h1-2H2. The molecule has 3 spiro atoms. The highest BCUT2D eigenvalue weighted by Gasteiger charge is 2.96. The van der Waals surface area contributed by atoms with Gasteiger partial charge in [0.15, 0.2) is 0 Å². The summed E-state index contributed by atoms with van der Waals surface area (Å²) < 4.78 is 86.2. The molecular formula is C9H4N3O13P3. The molecule has 8 heterocycles. The van der Waals surface area contributed by atoms with Gasteiger partial charge in [0.1, 0.15) is 0 Å². The van der Waals surface area contributed by atoms with Crippen molar-refractivity contribution in [2.45, 2.75) is 30.1 Å². The van der Waals surface area contributed by atoms with Crippen LogP contribution in [0.15, 0.2) is 4.79 Å². The van der Waals surface area contributed by atoms with Crippen LogP contribution in [0.2, 0.25) is 0 Å². The molecule has 148 valence electrons. The van der Waals surface area contributed by atoms with Gasteiger partial charge in [-0.2, -0.15) is 4.98 Å². The van der Waals surface area contributed by atoms with E-state index in [2.05, 4.69) is 4.98 Å². The van der Waals surface area contributed by atoms with E-state index in [0.717, 1.165) is 4.57 Å². The topological polar surface area (TPSA) is 172 Å². The first-order valence-corrected chi connectivity index (χ1v) is 12.1. The Labute approximate surface area is 151 Å². The zero-order valence-electron chi connectivity index (χ0n) is 12.9. The van der Waals surface area contributed by atoms with Gasteiger partial charge in [-0.15, -0.1) is 9.25 Å². The minimum absolute atomic E-state index is 0.0106. The van der Waals surface area contributed by atoms with Gasteiger partial charge >= 0.3 is 29.2 Å². The lowest BCUT2D eigenvalue weighted by atomic mass is 10.0. The van der Waals surface area contributed by atoms with Crippen molar-refractivity contribution in [2.24, 2.45) is 0 Å². The van der Waals surface area contributed by atoms with Gasteiger partial charge in [0, 0.05) is 12.8 Å². The average molecular weight is 455 g/mol. The normalized spacial score (nSPS) is 55.1. The summed E-state index contributed by atoms with van der Waals surface area (Å²) in [6, 6.07) is 0. The molecule has 16 nitrogen and oxygen atoms in total. The van der Waals surface area contributed by atoms with Crippen LogP contribution in [-0.2, 0) is 51.3 Å². The van der Waals surface area contributed by atoms with E-state index in [9.17, 15) is 18.5 Å². The van der Waals surface area contributed by atoms with Crippen molar-refractivity contribution in [3.8, 4) is 11.6 Å². The fraction of sp³-hybridized carbons (Fsp3) is 0.556. The summed E-state index contributed by atoms with van der Waals surface area (Å²) in [5.41, 5.74) is -3.03. The van der Waals surface area contributed by atoms with Gasteiger partial charge in [0.2, 0.25) is 17.3 Å². The molecule has 5 fully saturated rings. The van der Waals surface area contributed by atoms with Crippen LogP contribution >= 0.6 is 23.5 Å². The van der Waals surface area contributed by atoms with E-state index in [1.807, 2.05) is 0 Å². The smallest absolute Gasteiger partial charge is 0.384 e. The van der Waals surface area contributed by atoms with Crippen molar-refractivity contribution in [1.82, 2.24) is 9.55 Å². The summed E-state index contributed by atoms with van der Waals surface area (Å²) in [6.45, 7) is 0. The van der Waals surface area contributed by atoms with Gasteiger partial charge in [-0.25, -0.2) is 41.2 Å². The predicted molar refractivity (Wildman–Crippen MR) is 75.3 cm³/mol. The molecule has 0 N–H and O–H groups in total. The first kappa shape index (κ1) is 15.5. The third-order valence-corrected chi connectivity index (χ3v) is 9.38. The van der Waals surface area contributed by atoms with Crippen molar-refractivity contribution in [3.05, 3.63) is 10.5 Å². The fourth-order valence-corrected chi connectivity index (χ4v) is 9.27. The molecule has 4 atom stereocenters. The van der Waals surface area contributed by atoms with Crippen LogP contribution in [0.5, 0.6) is 11.6 Å². The Morgan fingerprint density at radius 3 is 2.46 bits per heavy atom. The number of hydrogen-bond acceptors (Lipinski definition) is 15. The summed E-state index contributed by atoms with van der Waals surface area (Å²) in [4.78, 5) is 16.6. The number of anilines is 1. The maximum Gasteiger partial charge on any atom is 0.613 e. The predicted octanol–water partition coefficient (Wildman–Crippen LogP) is 0.999. The van der Waals surface area contributed by atoms with Crippen LogP contribution in [0, 0.1) is 0 Å². The summed E-state index contributed by atoms with van der Waals surface area (Å²) >= 11 is 0. The molecule has 9 rings (SSSR count). The van der Waals surface area contributed by atoms with Crippen LogP contribution in [0.25, 0.3) is 0 Å². The Kier molecular flexibility index (Phi) is 2.07. The Morgan fingerprint density at radius 2 is 1.64 bits per heavy atom.